The molecule has 0 aliphatic heterocycles. The van der Waals surface area contributed by atoms with Crippen molar-refractivity contribution in [2.45, 2.75) is 12.8 Å². The Labute approximate surface area is 149 Å². The maximum absolute atomic E-state index is 5.45. The first-order chi connectivity index (χ1) is 11.8. The van der Waals surface area contributed by atoms with Gasteiger partial charge in [-0.2, -0.15) is 0 Å². The second-order valence-corrected chi connectivity index (χ2v) is 6.23. The van der Waals surface area contributed by atoms with Crippen molar-refractivity contribution in [2.75, 3.05) is 0 Å². The summed E-state index contributed by atoms with van der Waals surface area (Å²) in [5.41, 5.74) is 5.01. The summed E-state index contributed by atoms with van der Waals surface area (Å²) in [5.74, 6) is 0. The van der Waals surface area contributed by atoms with E-state index >= 15 is 0 Å². The third-order valence-corrected chi connectivity index (χ3v) is 4.38. The molecule has 0 heterocycles. The molecule has 0 amide bonds. The minimum absolute atomic E-state index is 0.865. The smallest absolute Gasteiger partial charge is 0.0449 e. The fourth-order valence-electron chi connectivity index (χ4n) is 2.60. The Hall–Kier alpha value is -2.51. The number of benzene rings is 3. The summed E-state index contributed by atoms with van der Waals surface area (Å²) < 4.78 is 0. The van der Waals surface area contributed by atoms with Crippen molar-refractivity contribution >= 4 is 23.2 Å². The van der Waals surface area contributed by atoms with Gasteiger partial charge in [0.05, 0.1) is 0 Å². The van der Waals surface area contributed by atoms with Crippen molar-refractivity contribution in [2.24, 2.45) is 0 Å². The number of hydrogen-bond donors (Lipinski definition) is 0. The molecule has 0 aromatic heterocycles. The van der Waals surface area contributed by atoms with Gasteiger partial charge in [-0.05, 0) is 41.2 Å². The molecule has 3 rings (SSSR count). The molecule has 0 N–H and O–H groups in total. The second-order valence-electron chi connectivity index (χ2n) is 5.79. The zero-order valence-corrected chi connectivity index (χ0v) is 14.4. The molecule has 0 saturated carbocycles. The van der Waals surface area contributed by atoms with Gasteiger partial charge < -0.3 is 0 Å². The van der Waals surface area contributed by atoms with Crippen molar-refractivity contribution in [3.8, 4) is 0 Å². The van der Waals surface area contributed by atoms with E-state index in [1.54, 1.807) is 0 Å². The van der Waals surface area contributed by atoms with Crippen LogP contribution < -0.4 is 0 Å². The average molecular weight is 328 g/mol. The van der Waals surface area contributed by atoms with Crippen LogP contribution in [0.5, 0.6) is 0 Å². The van der Waals surface area contributed by atoms with Crippen LogP contribution in [0.15, 0.2) is 91.0 Å². The van der Waals surface area contributed by atoms with Gasteiger partial charge in [-0.25, -0.2) is 0 Å². The quantitative estimate of drug-likeness (QED) is 0.308. The third kappa shape index (κ3) is 4.74. The van der Waals surface area contributed by atoms with Crippen LogP contribution in [0, 0.1) is 0 Å². The van der Waals surface area contributed by atoms with Crippen molar-refractivity contribution in [3.05, 3.63) is 113 Å². The Morgan fingerprint density at radius 2 is 1.21 bits per heavy atom. The first kappa shape index (κ1) is 16.4. The summed E-state index contributed by atoms with van der Waals surface area (Å²) in [6.07, 6.45) is 6.23. The lowest BCUT2D eigenvalue weighted by Crippen LogP contribution is -1.92. The monoisotopic (exact) mass is 328 g/mol. The summed E-state index contributed by atoms with van der Waals surface area (Å²) in [4.78, 5) is 0.865. The lowest BCUT2D eigenvalue weighted by Gasteiger charge is -2.03. The number of hydrogen-bond acceptors (Lipinski definition) is 1. The number of thiocarbonyl (C=S) groups is 1. The van der Waals surface area contributed by atoms with Crippen LogP contribution in [0.1, 0.15) is 22.3 Å². The topological polar surface area (TPSA) is 0 Å². The van der Waals surface area contributed by atoms with E-state index in [-0.39, 0.29) is 0 Å². The number of rotatable bonds is 6. The summed E-state index contributed by atoms with van der Waals surface area (Å²) in [5, 5.41) is 0. The van der Waals surface area contributed by atoms with Gasteiger partial charge in [0, 0.05) is 4.86 Å². The molecule has 3 aromatic rings. The highest BCUT2D eigenvalue weighted by Crippen LogP contribution is 2.11. The molecule has 0 atom stereocenters. The van der Waals surface area contributed by atoms with Gasteiger partial charge in [-0.15, -0.1) is 0 Å². The Morgan fingerprint density at radius 1 is 0.667 bits per heavy atom. The van der Waals surface area contributed by atoms with Gasteiger partial charge in [-0.1, -0.05) is 103 Å². The first-order valence-electron chi connectivity index (χ1n) is 8.21. The van der Waals surface area contributed by atoms with E-state index in [0.717, 1.165) is 23.3 Å². The fourth-order valence-corrected chi connectivity index (χ4v) is 2.80. The van der Waals surface area contributed by atoms with Crippen molar-refractivity contribution in [1.29, 1.82) is 0 Å². The molecule has 118 valence electrons. The third-order valence-electron chi connectivity index (χ3n) is 4.01. The lowest BCUT2D eigenvalue weighted by atomic mass is 10.0. The average Bonchev–Trinajstić information content (AvgIpc) is 2.67. The number of allylic oxidation sites excluding steroid dienone is 1. The minimum Gasteiger partial charge on any atom is -0.0795 e. The predicted octanol–water partition coefficient (Wildman–Crippen LogP) is 5.90. The Bertz CT molecular complexity index is 800. The summed E-state index contributed by atoms with van der Waals surface area (Å²) in [7, 11) is 0. The molecule has 1 heteroatoms. The molecule has 24 heavy (non-hydrogen) atoms. The molecule has 0 aliphatic carbocycles. The highest BCUT2D eigenvalue weighted by molar-refractivity contribution is 7.81. The normalized spacial score (nSPS) is 10.8. The Morgan fingerprint density at radius 3 is 1.83 bits per heavy atom. The fraction of sp³-hybridized carbons (Fsp3) is 0.0870. The Balaban J connectivity index is 1.58. The molecular formula is C23H20S. The van der Waals surface area contributed by atoms with Crippen LogP contribution in [0.25, 0.3) is 6.08 Å². The summed E-state index contributed by atoms with van der Waals surface area (Å²) in [6.45, 7) is 0. The van der Waals surface area contributed by atoms with E-state index in [2.05, 4.69) is 60.7 Å². The summed E-state index contributed by atoms with van der Waals surface area (Å²) >= 11 is 5.45. The number of aryl methyl sites for hydroxylation is 2. The van der Waals surface area contributed by atoms with E-state index in [1.807, 2.05) is 36.4 Å². The maximum Gasteiger partial charge on any atom is 0.0449 e. The molecule has 0 spiro atoms. The van der Waals surface area contributed by atoms with E-state index in [4.69, 9.17) is 12.2 Å². The van der Waals surface area contributed by atoms with Crippen LogP contribution in [-0.2, 0) is 12.8 Å². The van der Waals surface area contributed by atoms with Crippen molar-refractivity contribution in [1.82, 2.24) is 0 Å². The lowest BCUT2D eigenvalue weighted by molar-refractivity contribution is 0.960. The molecular weight excluding hydrogens is 308 g/mol. The van der Waals surface area contributed by atoms with Crippen molar-refractivity contribution in [3.63, 3.8) is 0 Å². The molecule has 0 nitrogen and oxygen atoms in total. The molecule has 0 saturated heterocycles. The van der Waals surface area contributed by atoms with Crippen LogP contribution in [0.3, 0.4) is 0 Å². The predicted molar refractivity (Wildman–Crippen MR) is 107 cm³/mol. The standard InChI is InChI=1S/C23H20S/c24-23(22-9-5-2-6-10-22)18-17-21-15-13-20(14-16-21)12-11-19-7-3-1-4-8-19/h1-10,13-18H,11-12H2. The Kier molecular flexibility index (Phi) is 5.70. The van der Waals surface area contributed by atoms with Crippen LogP contribution >= 0.6 is 12.2 Å². The molecule has 0 bridgehead atoms. The van der Waals surface area contributed by atoms with E-state index in [9.17, 15) is 0 Å². The molecule has 3 aromatic carbocycles. The van der Waals surface area contributed by atoms with Crippen LogP contribution in [0.2, 0.25) is 0 Å². The first-order valence-corrected chi connectivity index (χ1v) is 8.62. The van der Waals surface area contributed by atoms with Crippen LogP contribution in [0.4, 0.5) is 0 Å². The van der Waals surface area contributed by atoms with Gasteiger partial charge in [0.25, 0.3) is 0 Å². The SMILES string of the molecule is S=C(C=Cc1ccc(CCc2ccccc2)cc1)c1ccccc1. The van der Waals surface area contributed by atoms with Gasteiger partial charge in [0.15, 0.2) is 0 Å². The zero-order valence-electron chi connectivity index (χ0n) is 13.6. The molecule has 0 aliphatic rings. The molecule has 0 fully saturated rings. The maximum atomic E-state index is 5.45. The minimum atomic E-state index is 0.865. The highest BCUT2D eigenvalue weighted by atomic mass is 32.1. The van der Waals surface area contributed by atoms with Gasteiger partial charge in [-0.3, -0.25) is 0 Å². The van der Waals surface area contributed by atoms with Gasteiger partial charge in [0.2, 0.25) is 0 Å². The van der Waals surface area contributed by atoms with Gasteiger partial charge in [0.1, 0.15) is 0 Å². The second kappa shape index (κ2) is 8.37. The van der Waals surface area contributed by atoms with E-state index in [1.165, 1.54) is 16.7 Å². The zero-order chi connectivity index (χ0) is 16.6. The largest absolute Gasteiger partial charge is 0.0795 e. The molecule has 0 unspecified atom stereocenters. The van der Waals surface area contributed by atoms with Crippen LogP contribution in [-0.4, -0.2) is 4.86 Å². The van der Waals surface area contributed by atoms with Crippen molar-refractivity contribution < 1.29 is 0 Å². The summed E-state index contributed by atoms with van der Waals surface area (Å²) in [6, 6.07) is 29.4. The van der Waals surface area contributed by atoms with Gasteiger partial charge >= 0.3 is 0 Å². The highest BCUT2D eigenvalue weighted by Gasteiger charge is 1.97. The molecule has 0 radical (unpaired) electrons. The van der Waals surface area contributed by atoms with E-state index < -0.39 is 0 Å². The van der Waals surface area contributed by atoms with E-state index in [0.29, 0.717) is 0 Å².